The van der Waals surface area contributed by atoms with Gasteiger partial charge in [-0.3, -0.25) is 4.18 Å². The largest absolute Gasteiger partial charge is 0.449 e. The monoisotopic (exact) mass is 701 g/mol. The smallest absolute Gasteiger partial charge is 0.407 e. The normalized spacial score (nSPS) is 12.5. The van der Waals surface area contributed by atoms with Crippen LogP contribution in [0.4, 0.5) is 4.79 Å². The molecule has 0 heterocycles. The Labute approximate surface area is 289 Å². The second kappa shape index (κ2) is 21.6. The van der Waals surface area contributed by atoms with E-state index in [1.165, 1.54) is 34.4 Å². The number of hydrogen-bond donors (Lipinski definition) is 1. The summed E-state index contributed by atoms with van der Waals surface area (Å²) in [5.74, 6) is 0.0289. The molecular weight excluding hydrogens is 654 g/mol. The minimum absolute atomic E-state index is 0.0289. The molecular formula is C36H47NO11S. The molecule has 0 radical (unpaired) electrons. The Balaban J connectivity index is 0.860. The molecule has 0 saturated heterocycles. The molecule has 268 valence electrons. The third kappa shape index (κ3) is 13.4. The quantitative estimate of drug-likeness (QED) is 0.0998. The highest BCUT2D eigenvalue weighted by molar-refractivity contribution is 7.86. The van der Waals surface area contributed by atoms with Crippen LogP contribution >= 0.6 is 0 Å². The van der Waals surface area contributed by atoms with Crippen molar-refractivity contribution in [3.63, 3.8) is 0 Å². The van der Waals surface area contributed by atoms with Crippen molar-refractivity contribution < 1.29 is 50.6 Å². The number of benzene rings is 3. The third-order valence-corrected chi connectivity index (χ3v) is 8.82. The van der Waals surface area contributed by atoms with Gasteiger partial charge in [0.25, 0.3) is 10.1 Å². The fourth-order valence-electron chi connectivity index (χ4n) is 5.05. The lowest BCUT2D eigenvalue weighted by Gasteiger charge is -2.14. The van der Waals surface area contributed by atoms with Gasteiger partial charge in [0.2, 0.25) is 0 Å². The van der Waals surface area contributed by atoms with Gasteiger partial charge in [-0.2, -0.15) is 8.42 Å². The van der Waals surface area contributed by atoms with Crippen LogP contribution in [-0.4, -0.2) is 114 Å². The molecule has 0 bridgehead atoms. The summed E-state index contributed by atoms with van der Waals surface area (Å²) in [4.78, 5) is 12.3. The highest BCUT2D eigenvalue weighted by Gasteiger charge is 2.29. The topological polar surface area (TPSA) is 137 Å². The number of fused-ring (bicyclic) bond motifs is 3. The van der Waals surface area contributed by atoms with E-state index in [1.54, 1.807) is 12.1 Å². The van der Waals surface area contributed by atoms with Crippen molar-refractivity contribution in [2.24, 2.45) is 0 Å². The fraction of sp³-hybridized carbons (Fsp3) is 0.472. The van der Waals surface area contributed by atoms with Gasteiger partial charge in [0, 0.05) is 12.5 Å². The van der Waals surface area contributed by atoms with Gasteiger partial charge < -0.3 is 38.5 Å². The first-order chi connectivity index (χ1) is 24.0. The van der Waals surface area contributed by atoms with E-state index in [1.807, 2.05) is 31.2 Å². The summed E-state index contributed by atoms with van der Waals surface area (Å²) in [7, 11) is -3.78. The van der Waals surface area contributed by atoms with Crippen LogP contribution in [0, 0.1) is 6.92 Å². The van der Waals surface area contributed by atoms with Crippen molar-refractivity contribution in [1.82, 2.24) is 5.32 Å². The second-order valence-corrected chi connectivity index (χ2v) is 12.6. The molecule has 1 aliphatic carbocycles. The molecule has 0 saturated carbocycles. The van der Waals surface area contributed by atoms with Gasteiger partial charge in [-0.05, 0) is 41.3 Å². The lowest BCUT2D eigenvalue weighted by molar-refractivity contribution is -0.0175. The van der Waals surface area contributed by atoms with Crippen molar-refractivity contribution >= 4 is 16.2 Å². The fourth-order valence-corrected chi connectivity index (χ4v) is 5.94. The summed E-state index contributed by atoms with van der Waals surface area (Å²) in [5, 5.41) is 2.73. The molecule has 0 atom stereocenters. The van der Waals surface area contributed by atoms with Crippen molar-refractivity contribution in [2.45, 2.75) is 17.7 Å². The first kappa shape index (κ1) is 38.4. The summed E-state index contributed by atoms with van der Waals surface area (Å²) in [6.45, 7) is 7.03. The molecule has 0 aliphatic heterocycles. The number of nitrogens with one attached hydrogen (secondary N) is 1. The summed E-state index contributed by atoms with van der Waals surface area (Å²) in [5.41, 5.74) is 5.71. The molecule has 1 amide bonds. The molecule has 3 aromatic rings. The molecule has 4 rings (SSSR count). The summed E-state index contributed by atoms with van der Waals surface area (Å²) in [6, 6.07) is 22.9. The zero-order valence-electron chi connectivity index (χ0n) is 28.0. The van der Waals surface area contributed by atoms with E-state index < -0.39 is 16.2 Å². The number of ether oxygens (including phenoxy) is 7. The van der Waals surface area contributed by atoms with E-state index in [-0.39, 0.29) is 30.6 Å². The van der Waals surface area contributed by atoms with Crippen molar-refractivity contribution in [3.8, 4) is 11.1 Å². The molecule has 0 fully saturated rings. The zero-order chi connectivity index (χ0) is 34.6. The summed E-state index contributed by atoms with van der Waals surface area (Å²) >= 11 is 0. The van der Waals surface area contributed by atoms with Gasteiger partial charge >= 0.3 is 6.09 Å². The van der Waals surface area contributed by atoms with Crippen LogP contribution in [0.2, 0.25) is 0 Å². The lowest BCUT2D eigenvalue weighted by Crippen LogP contribution is -2.29. The number of hydrogen-bond acceptors (Lipinski definition) is 11. The summed E-state index contributed by atoms with van der Waals surface area (Å²) in [6.07, 6.45) is -0.463. The van der Waals surface area contributed by atoms with Crippen LogP contribution in [0.3, 0.4) is 0 Å². The number of amides is 1. The minimum Gasteiger partial charge on any atom is -0.449 e. The highest BCUT2D eigenvalue weighted by Crippen LogP contribution is 2.44. The average Bonchev–Trinajstić information content (AvgIpc) is 3.43. The molecule has 0 spiro atoms. The number of rotatable bonds is 25. The van der Waals surface area contributed by atoms with Gasteiger partial charge in [-0.25, -0.2) is 4.79 Å². The standard InChI is InChI=1S/C36H47NO11S/c1-29-10-12-30(13-11-29)49(39,40)48-27-26-46-25-24-45-23-22-44-21-20-43-19-18-42-17-16-41-15-14-37-36(38)47-28-35-33-8-4-2-6-31(33)32-7-3-5-9-34(32)35/h2-13,35H,14-28H2,1H3,(H,37,38). The zero-order valence-corrected chi connectivity index (χ0v) is 28.8. The number of alkyl carbamates (subject to hydrolysis) is 1. The van der Waals surface area contributed by atoms with Crippen LogP contribution < -0.4 is 5.32 Å². The van der Waals surface area contributed by atoms with Crippen LogP contribution in [0.15, 0.2) is 77.7 Å². The Kier molecular flexibility index (Phi) is 17.0. The van der Waals surface area contributed by atoms with E-state index in [2.05, 4.69) is 29.6 Å². The maximum atomic E-state index is 12.2. The Morgan fingerprint density at radius 3 is 1.51 bits per heavy atom. The molecule has 12 nitrogen and oxygen atoms in total. The predicted molar refractivity (Wildman–Crippen MR) is 182 cm³/mol. The minimum atomic E-state index is -3.78. The summed E-state index contributed by atoms with van der Waals surface area (Å²) < 4.78 is 67.4. The number of carbonyl (C=O) groups excluding carboxylic acids is 1. The van der Waals surface area contributed by atoms with Gasteiger partial charge in [-0.1, -0.05) is 66.2 Å². The van der Waals surface area contributed by atoms with E-state index in [4.69, 9.17) is 37.3 Å². The van der Waals surface area contributed by atoms with E-state index >= 15 is 0 Å². The second-order valence-electron chi connectivity index (χ2n) is 11.0. The number of carbonyl (C=O) groups is 1. The van der Waals surface area contributed by atoms with Crippen LogP contribution in [0.1, 0.15) is 22.6 Å². The van der Waals surface area contributed by atoms with Crippen LogP contribution in [0.25, 0.3) is 11.1 Å². The van der Waals surface area contributed by atoms with E-state index in [0.29, 0.717) is 79.2 Å². The van der Waals surface area contributed by atoms with Gasteiger partial charge in [-0.15, -0.1) is 0 Å². The van der Waals surface area contributed by atoms with Gasteiger partial charge in [0.1, 0.15) is 6.61 Å². The Bertz CT molecular complexity index is 1460. The lowest BCUT2D eigenvalue weighted by atomic mass is 9.98. The molecule has 0 unspecified atom stereocenters. The van der Waals surface area contributed by atoms with E-state index in [9.17, 15) is 13.2 Å². The molecule has 13 heteroatoms. The van der Waals surface area contributed by atoms with Gasteiger partial charge in [0.05, 0.1) is 90.8 Å². The van der Waals surface area contributed by atoms with Crippen molar-refractivity contribution in [1.29, 1.82) is 0 Å². The van der Waals surface area contributed by atoms with E-state index in [0.717, 1.165) is 5.56 Å². The third-order valence-electron chi connectivity index (χ3n) is 7.50. The molecule has 1 N–H and O–H groups in total. The van der Waals surface area contributed by atoms with Crippen LogP contribution in [0.5, 0.6) is 0 Å². The Morgan fingerprint density at radius 2 is 1.02 bits per heavy atom. The average molecular weight is 702 g/mol. The predicted octanol–water partition coefficient (Wildman–Crippen LogP) is 4.34. The van der Waals surface area contributed by atoms with Crippen molar-refractivity contribution in [2.75, 3.05) is 99.0 Å². The Morgan fingerprint density at radius 1 is 0.592 bits per heavy atom. The first-order valence-electron chi connectivity index (χ1n) is 16.5. The van der Waals surface area contributed by atoms with Gasteiger partial charge in [0.15, 0.2) is 0 Å². The molecule has 0 aromatic heterocycles. The molecule has 3 aromatic carbocycles. The maximum absolute atomic E-state index is 12.2. The number of aryl methyl sites for hydroxylation is 1. The molecule has 49 heavy (non-hydrogen) atoms. The van der Waals surface area contributed by atoms with Crippen LogP contribution in [-0.2, 0) is 47.5 Å². The first-order valence-corrected chi connectivity index (χ1v) is 17.9. The highest BCUT2D eigenvalue weighted by atomic mass is 32.2. The SMILES string of the molecule is Cc1ccc(S(=O)(=O)OCCOCCOCCOCCOCCOCCOCCNC(=O)OCC2c3ccccc3-c3ccccc32)cc1. The van der Waals surface area contributed by atoms with Crippen molar-refractivity contribution in [3.05, 3.63) is 89.5 Å². The Hall–Kier alpha value is -3.40. The molecule has 1 aliphatic rings. The maximum Gasteiger partial charge on any atom is 0.407 e.